The largest absolute Gasteiger partial charge is 0.496 e. The van der Waals surface area contributed by atoms with E-state index in [1.807, 2.05) is 6.07 Å². The second kappa shape index (κ2) is 5.50. The van der Waals surface area contributed by atoms with E-state index in [-0.39, 0.29) is 6.54 Å². The maximum Gasteiger partial charge on any atom is 0.309 e. The van der Waals surface area contributed by atoms with Gasteiger partial charge in [-0.05, 0) is 18.2 Å². The van der Waals surface area contributed by atoms with Crippen molar-refractivity contribution in [1.29, 1.82) is 0 Å². The maximum atomic E-state index is 11.0. The third-order valence-corrected chi connectivity index (χ3v) is 2.40. The topological polar surface area (TPSA) is 81.4 Å². The molecule has 3 N–H and O–H groups in total. The molecule has 0 bridgehead atoms. The lowest BCUT2D eigenvalue weighted by Crippen LogP contribution is -2.35. The standard InChI is InChI=1S/C10H11BrN2O3/c1-16-8-3-2-7(11)4-6(8)5-13-10(15)9(12)14/h2-4H,5H2,1H3,(H2,12,14)(H,13,15). The van der Waals surface area contributed by atoms with Crippen LogP contribution in [-0.2, 0) is 16.1 Å². The minimum absolute atomic E-state index is 0.185. The number of nitrogens with one attached hydrogen (secondary N) is 1. The Balaban J connectivity index is 2.76. The van der Waals surface area contributed by atoms with Crippen molar-refractivity contribution >= 4 is 27.7 Å². The summed E-state index contributed by atoms with van der Waals surface area (Å²) >= 11 is 3.30. The van der Waals surface area contributed by atoms with Crippen molar-refractivity contribution in [3.63, 3.8) is 0 Å². The van der Waals surface area contributed by atoms with E-state index in [9.17, 15) is 9.59 Å². The zero-order valence-electron chi connectivity index (χ0n) is 8.62. The molecule has 5 nitrogen and oxygen atoms in total. The van der Waals surface area contributed by atoms with Gasteiger partial charge in [-0.15, -0.1) is 0 Å². The Morgan fingerprint density at radius 2 is 2.19 bits per heavy atom. The van der Waals surface area contributed by atoms with Crippen LogP contribution in [0.2, 0.25) is 0 Å². The molecule has 0 unspecified atom stereocenters. The first kappa shape index (κ1) is 12.5. The van der Waals surface area contributed by atoms with Gasteiger partial charge in [0.25, 0.3) is 0 Å². The molecule has 0 aromatic heterocycles. The van der Waals surface area contributed by atoms with Gasteiger partial charge in [0, 0.05) is 16.6 Å². The Labute approximate surface area is 101 Å². The molecule has 1 aromatic carbocycles. The monoisotopic (exact) mass is 286 g/mol. The minimum Gasteiger partial charge on any atom is -0.496 e. The number of hydrogen-bond donors (Lipinski definition) is 2. The van der Waals surface area contributed by atoms with Gasteiger partial charge in [0.05, 0.1) is 7.11 Å². The van der Waals surface area contributed by atoms with Gasteiger partial charge in [0.1, 0.15) is 5.75 Å². The molecule has 0 fully saturated rings. The second-order valence-corrected chi connectivity index (χ2v) is 3.92. The Morgan fingerprint density at radius 3 is 2.75 bits per heavy atom. The molecule has 0 radical (unpaired) electrons. The van der Waals surface area contributed by atoms with Gasteiger partial charge in [0.2, 0.25) is 0 Å². The Morgan fingerprint density at radius 1 is 1.50 bits per heavy atom. The summed E-state index contributed by atoms with van der Waals surface area (Å²) in [4.78, 5) is 21.5. The molecule has 86 valence electrons. The van der Waals surface area contributed by atoms with E-state index in [0.29, 0.717) is 5.75 Å². The van der Waals surface area contributed by atoms with Crippen LogP contribution in [0.15, 0.2) is 22.7 Å². The smallest absolute Gasteiger partial charge is 0.309 e. The fraction of sp³-hybridized carbons (Fsp3) is 0.200. The Hall–Kier alpha value is -1.56. The average Bonchev–Trinajstić information content (AvgIpc) is 2.25. The second-order valence-electron chi connectivity index (χ2n) is 3.00. The van der Waals surface area contributed by atoms with Gasteiger partial charge >= 0.3 is 11.8 Å². The first-order valence-electron chi connectivity index (χ1n) is 4.44. The van der Waals surface area contributed by atoms with E-state index in [1.165, 1.54) is 7.11 Å². The predicted octanol–water partition coefficient (Wildman–Crippen LogP) is 0.559. The summed E-state index contributed by atoms with van der Waals surface area (Å²) in [6.45, 7) is 0.185. The third-order valence-electron chi connectivity index (χ3n) is 1.91. The number of carbonyl (C=O) groups is 2. The number of nitrogens with two attached hydrogens (primary N) is 1. The van der Waals surface area contributed by atoms with Gasteiger partial charge in [-0.3, -0.25) is 9.59 Å². The number of carbonyl (C=O) groups excluding carboxylic acids is 2. The fourth-order valence-electron chi connectivity index (χ4n) is 1.15. The van der Waals surface area contributed by atoms with E-state index >= 15 is 0 Å². The van der Waals surface area contributed by atoms with E-state index in [4.69, 9.17) is 10.5 Å². The summed E-state index contributed by atoms with van der Waals surface area (Å²) in [5.74, 6) is -1.19. The number of ether oxygens (including phenoxy) is 1. The molecular weight excluding hydrogens is 276 g/mol. The number of halogens is 1. The average molecular weight is 287 g/mol. The molecule has 6 heteroatoms. The molecular formula is C10H11BrN2O3. The van der Waals surface area contributed by atoms with Crippen molar-refractivity contribution < 1.29 is 14.3 Å². The Kier molecular flexibility index (Phi) is 4.30. The highest BCUT2D eigenvalue weighted by Gasteiger charge is 2.09. The highest BCUT2D eigenvalue weighted by atomic mass is 79.9. The molecule has 0 atom stereocenters. The molecule has 0 saturated heterocycles. The number of rotatable bonds is 3. The minimum atomic E-state index is -1.01. The van der Waals surface area contributed by atoms with Crippen molar-refractivity contribution in [2.75, 3.05) is 7.11 Å². The SMILES string of the molecule is COc1ccc(Br)cc1CNC(=O)C(N)=O. The fourth-order valence-corrected chi connectivity index (χ4v) is 1.56. The van der Waals surface area contributed by atoms with Gasteiger partial charge in [-0.1, -0.05) is 15.9 Å². The molecule has 0 aliphatic rings. The van der Waals surface area contributed by atoms with Crippen LogP contribution >= 0.6 is 15.9 Å². The van der Waals surface area contributed by atoms with Crippen LogP contribution in [0.1, 0.15) is 5.56 Å². The highest BCUT2D eigenvalue weighted by Crippen LogP contribution is 2.22. The van der Waals surface area contributed by atoms with Crippen molar-refractivity contribution in [3.05, 3.63) is 28.2 Å². The van der Waals surface area contributed by atoms with E-state index < -0.39 is 11.8 Å². The third kappa shape index (κ3) is 3.23. The zero-order chi connectivity index (χ0) is 12.1. The molecule has 0 heterocycles. The number of methoxy groups -OCH3 is 1. The van der Waals surface area contributed by atoms with Crippen LogP contribution in [0.25, 0.3) is 0 Å². The molecule has 0 saturated carbocycles. The van der Waals surface area contributed by atoms with Crippen LogP contribution in [-0.4, -0.2) is 18.9 Å². The molecule has 2 amide bonds. The first-order chi connectivity index (χ1) is 7.54. The predicted molar refractivity (Wildman–Crippen MR) is 61.7 cm³/mol. The van der Waals surface area contributed by atoms with Crippen LogP contribution < -0.4 is 15.8 Å². The molecule has 0 aliphatic carbocycles. The van der Waals surface area contributed by atoms with Crippen molar-refractivity contribution in [1.82, 2.24) is 5.32 Å². The molecule has 16 heavy (non-hydrogen) atoms. The zero-order valence-corrected chi connectivity index (χ0v) is 10.2. The summed E-state index contributed by atoms with van der Waals surface area (Å²) in [5.41, 5.74) is 5.57. The van der Waals surface area contributed by atoms with Crippen LogP contribution in [0.3, 0.4) is 0 Å². The highest BCUT2D eigenvalue weighted by molar-refractivity contribution is 9.10. The molecule has 1 rings (SSSR count). The van der Waals surface area contributed by atoms with E-state index in [0.717, 1.165) is 10.0 Å². The van der Waals surface area contributed by atoms with Gasteiger partial charge < -0.3 is 15.8 Å². The normalized spacial score (nSPS) is 9.62. The van der Waals surface area contributed by atoms with Gasteiger partial charge in [0.15, 0.2) is 0 Å². The van der Waals surface area contributed by atoms with Crippen LogP contribution in [0, 0.1) is 0 Å². The van der Waals surface area contributed by atoms with Crippen molar-refractivity contribution in [2.45, 2.75) is 6.54 Å². The Bertz CT molecular complexity index is 421. The van der Waals surface area contributed by atoms with Gasteiger partial charge in [-0.25, -0.2) is 0 Å². The molecule has 0 spiro atoms. The van der Waals surface area contributed by atoms with Crippen molar-refractivity contribution in [3.8, 4) is 5.75 Å². The number of amides is 2. The summed E-state index contributed by atoms with van der Waals surface area (Å²) in [5, 5.41) is 2.39. The van der Waals surface area contributed by atoms with E-state index in [2.05, 4.69) is 21.2 Å². The summed E-state index contributed by atoms with van der Waals surface area (Å²) in [7, 11) is 1.53. The van der Waals surface area contributed by atoms with Crippen molar-refractivity contribution in [2.24, 2.45) is 5.73 Å². The lowest BCUT2D eigenvalue weighted by atomic mass is 10.2. The summed E-state index contributed by atoms with van der Waals surface area (Å²) in [6, 6.07) is 5.37. The number of benzene rings is 1. The quantitative estimate of drug-likeness (QED) is 0.797. The first-order valence-corrected chi connectivity index (χ1v) is 5.24. The number of hydrogen-bond acceptors (Lipinski definition) is 3. The number of primary amides is 1. The summed E-state index contributed by atoms with van der Waals surface area (Å²) < 4.78 is 5.96. The molecule has 0 aliphatic heterocycles. The lowest BCUT2D eigenvalue weighted by Gasteiger charge is -2.09. The van der Waals surface area contributed by atoms with E-state index in [1.54, 1.807) is 12.1 Å². The lowest BCUT2D eigenvalue weighted by molar-refractivity contribution is -0.137. The van der Waals surface area contributed by atoms with Crippen LogP contribution in [0.4, 0.5) is 0 Å². The van der Waals surface area contributed by atoms with Gasteiger partial charge in [-0.2, -0.15) is 0 Å². The van der Waals surface area contributed by atoms with Crippen LogP contribution in [0.5, 0.6) is 5.75 Å². The maximum absolute atomic E-state index is 11.0. The summed E-state index contributed by atoms with van der Waals surface area (Å²) in [6.07, 6.45) is 0. The molecule has 1 aromatic rings.